The van der Waals surface area contributed by atoms with Crippen LogP contribution in [0.3, 0.4) is 0 Å². The topological polar surface area (TPSA) is 38.1 Å². The minimum absolute atomic E-state index is 0.109. The summed E-state index contributed by atoms with van der Waals surface area (Å²) in [6.07, 6.45) is 0.419. The highest BCUT2D eigenvalue weighted by molar-refractivity contribution is 5.78. The lowest BCUT2D eigenvalue weighted by atomic mass is 10.1. The van der Waals surface area contributed by atoms with E-state index in [1.54, 1.807) is 4.90 Å². The molecular formula is C21H23N3O. The molecule has 0 aliphatic heterocycles. The monoisotopic (exact) mass is 333 g/mol. The maximum atomic E-state index is 12.5. The number of benzene rings is 2. The van der Waals surface area contributed by atoms with Crippen molar-refractivity contribution in [3.63, 3.8) is 0 Å². The molecule has 3 aromatic rings. The van der Waals surface area contributed by atoms with Crippen LogP contribution >= 0.6 is 0 Å². The van der Waals surface area contributed by atoms with Gasteiger partial charge in [0, 0.05) is 24.8 Å². The molecule has 4 nitrogen and oxygen atoms in total. The van der Waals surface area contributed by atoms with E-state index < -0.39 is 0 Å². The number of rotatable bonds is 5. The van der Waals surface area contributed by atoms with Crippen LogP contribution in [0.2, 0.25) is 0 Å². The van der Waals surface area contributed by atoms with Crippen LogP contribution in [0.1, 0.15) is 22.5 Å². The van der Waals surface area contributed by atoms with Crippen molar-refractivity contribution in [2.75, 3.05) is 7.05 Å². The summed E-state index contributed by atoms with van der Waals surface area (Å²) in [6, 6.07) is 19.9. The number of hydrogen-bond donors (Lipinski definition) is 0. The van der Waals surface area contributed by atoms with Gasteiger partial charge in [0.1, 0.15) is 0 Å². The Hall–Kier alpha value is -2.88. The molecular weight excluding hydrogens is 310 g/mol. The zero-order valence-corrected chi connectivity index (χ0v) is 14.9. The van der Waals surface area contributed by atoms with Gasteiger partial charge in [0.25, 0.3) is 0 Å². The molecule has 2 aromatic carbocycles. The molecule has 0 N–H and O–H groups in total. The van der Waals surface area contributed by atoms with Crippen molar-refractivity contribution in [1.29, 1.82) is 0 Å². The van der Waals surface area contributed by atoms with Gasteiger partial charge in [0.2, 0.25) is 5.91 Å². The van der Waals surface area contributed by atoms with Crippen LogP contribution in [-0.4, -0.2) is 27.6 Å². The van der Waals surface area contributed by atoms with E-state index in [0.717, 1.165) is 28.2 Å². The SMILES string of the molecule is Cc1nn(-c2ccccc2)c(C)c1CN(C)C(=O)Cc1ccccc1. The van der Waals surface area contributed by atoms with Gasteiger partial charge in [-0.15, -0.1) is 0 Å². The van der Waals surface area contributed by atoms with Crippen LogP contribution in [0.4, 0.5) is 0 Å². The zero-order valence-electron chi connectivity index (χ0n) is 14.9. The molecule has 0 radical (unpaired) electrons. The highest BCUT2D eigenvalue weighted by Crippen LogP contribution is 2.19. The molecule has 25 heavy (non-hydrogen) atoms. The van der Waals surface area contributed by atoms with E-state index in [1.807, 2.05) is 79.3 Å². The smallest absolute Gasteiger partial charge is 0.227 e. The number of aromatic nitrogens is 2. The summed E-state index contributed by atoms with van der Waals surface area (Å²) in [5, 5.41) is 4.66. The molecule has 0 atom stereocenters. The fourth-order valence-corrected chi connectivity index (χ4v) is 2.96. The van der Waals surface area contributed by atoms with Gasteiger partial charge in [-0.25, -0.2) is 4.68 Å². The predicted octanol–water partition coefficient (Wildman–Crippen LogP) is 3.69. The molecule has 0 bridgehead atoms. The third kappa shape index (κ3) is 3.79. The fraction of sp³-hybridized carbons (Fsp3) is 0.238. The third-order valence-corrected chi connectivity index (χ3v) is 4.46. The van der Waals surface area contributed by atoms with Crippen molar-refractivity contribution in [3.05, 3.63) is 83.2 Å². The van der Waals surface area contributed by atoms with Crippen molar-refractivity contribution in [3.8, 4) is 5.69 Å². The first-order valence-corrected chi connectivity index (χ1v) is 8.44. The Bertz CT molecular complexity index is 854. The molecule has 0 aliphatic rings. The highest BCUT2D eigenvalue weighted by atomic mass is 16.2. The number of nitrogens with zero attached hydrogens (tertiary/aromatic N) is 3. The van der Waals surface area contributed by atoms with Gasteiger partial charge in [-0.1, -0.05) is 48.5 Å². The molecule has 0 saturated carbocycles. The van der Waals surface area contributed by atoms with Gasteiger partial charge in [-0.05, 0) is 31.5 Å². The first-order valence-electron chi connectivity index (χ1n) is 8.44. The lowest BCUT2D eigenvalue weighted by Gasteiger charge is -2.17. The number of amides is 1. The number of likely N-dealkylation sites (N-methyl/N-ethyl adjacent to an activating group) is 1. The summed E-state index contributed by atoms with van der Waals surface area (Å²) < 4.78 is 1.94. The van der Waals surface area contributed by atoms with Crippen LogP contribution in [0.5, 0.6) is 0 Å². The molecule has 0 aliphatic carbocycles. The molecule has 0 unspecified atom stereocenters. The van der Waals surface area contributed by atoms with Gasteiger partial charge in [0.15, 0.2) is 0 Å². The number of hydrogen-bond acceptors (Lipinski definition) is 2. The van der Waals surface area contributed by atoms with E-state index in [-0.39, 0.29) is 5.91 Å². The largest absolute Gasteiger partial charge is 0.341 e. The van der Waals surface area contributed by atoms with Crippen molar-refractivity contribution in [2.45, 2.75) is 26.8 Å². The maximum Gasteiger partial charge on any atom is 0.227 e. The molecule has 1 heterocycles. The minimum Gasteiger partial charge on any atom is -0.341 e. The first-order chi connectivity index (χ1) is 12.1. The number of carbonyl (C=O) groups excluding carboxylic acids is 1. The van der Waals surface area contributed by atoms with Crippen LogP contribution in [-0.2, 0) is 17.8 Å². The standard InChI is InChI=1S/C21H23N3O/c1-16-20(17(2)24(22-16)19-12-8-5-9-13-19)15-23(3)21(25)14-18-10-6-4-7-11-18/h4-13H,14-15H2,1-3H3. The molecule has 1 aromatic heterocycles. The molecule has 128 valence electrons. The molecule has 0 saturated heterocycles. The van der Waals surface area contributed by atoms with E-state index in [9.17, 15) is 4.79 Å². The third-order valence-electron chi connectivity index (χ3n) is 4.46. The molecule has 3 rings (SSSR count). The number of para-hydroxylation sites is 1. The molecule has 4 heteroatoms. The van der Waals surface area contributed by atoms with Crippen molar-refractivity contribution >= 4 is 5.91 Å². The second-order valence-electron chi connectivity index (χ2n) is 6.31. The highest BCUT2D eigenvalue weighted by Gasteiger charge is 2.17. The van der Waals surface area contributed by atoms with Gasteiger partial charge in [0.05, 0.1) is 17.8 Å². The summed E-state index contributed by atoms with van der Waals surface area (Å²) in [7, 11) is 1.85. The Morgan fingerprint density at radius 2 is 1.60 bits per heavy atom. The van der Waals surface area contributed by atoms with Gasteiger partial charge in [-0.2, -0.15) is 5.10 Å². The Labute approximate surface area is 148 Å². The predicted molar refractivity (Wildman–Crippen MR) is 99.7 cm³/mol. The van der Waals surface area contributed by atoms with E-state index in [1.165, 1.54) is 0 Å². The fourth-order valence-electron chi connectivity index (χ4n) is 2.96. The van der Waals surface area contributed by atoms with Crippen LogP contribution in [0.15, 0.2) is 60.7 Å². The normalized spacial score (nSPS) is 10.7. The Balaban J connectivity index is 1.76. The summed E-state index contributed by atoms with van der Waals surface area (Å²) in [4.78, 5) is 14.3. The molecule has 0 spiro atoms. The van der Waals surface area contributed by atoms with Crippen LogP contribution in [0, 0.1) is 13.8 Å². The van der Waals surface area contributed by atoms with Crippen LogP contribution in [0.25, 0.3) is 5.69 Å². The second-order valence-corrected chi connectivity index (χ2v) is 6.31. The summed E-state index contributed by atoms with van der Waals surface area (Å²) in [5.74, 6) is 0.109. The van der Waals surface area contributed by atoms with Crippen LogP contribution < -0.4 is 0 Å². The van der Waals surface area contributed by atoms with E-state index in [0.29, 0.717) is 13.0 Å². The summed E-state index contributed by atoms with van der Waals surface area (Å²) >= 11 is 0. The van der Waals surface area contributed by atoms with Crippen molar-refractivity contribution in [2.24, 2.45) is 0 Å². The average Bonchev–Trinajstić information content (AvgIpc) is 2.91. The Kier molecular flexibility index (Phi) is 4.98. The van der Waals surface area contributed by atoms with E-state index in [2.05, 4.69) is 12.0 Å². The molecule has 0 fully saturated rings. The van der Waals surface area contributed by atoms with Gasteiger partial charge in [-0.3, -0.25) is 4.79 Å². The lowest BCUT2D eigenvalue weighted by Crippen LogP contribution is -2.28. The first kappa shape index (κ1) is 17.0. The summed E-state index contributed by atoms with van der Waals surface area (Å²) in [6.45, 7) is 4.62. The van der Waals surface area contributed by atoms with E-state index >= 15 is 0 Å². The van der Waals surface area contributed by atoms with Crippen molar-refractivity contribution < 1.29 is 4.79 Å². The maximum absolute atomic E-state index is 12.5. The van der Waals surface area contributed by atoms with E-state index in [4.69, 9.17) is 0 Å². The lowest BCUT2D eigenvalue weighted by molar-refractivity contribution is -0.129. The Morgan fingerprint density at radius 3 is 2.24 bits per heavy atom. The number of aryl methyl sites for hydroxylation is 1. The second kappa shape index (κ2) is 7.34. The quantitative estimate of drug-likeness (QED) is 0.714. The zero-order chi connectivity index (χ0) is 17.8. The number of carbonyl (C=O) groups is 1. The summed E-state index contributed by atoms with van der Waals surface area (Å²) in [5.41, 5.74) is 5.21. The average molecular weight is 333 g/mol. The Morgan fingerprint density at radius 1 is 1.00 bits per heavy atom. The molecule has 1 amide bonds. The van der Waals surface area contributed by atoms with Crippen molar-refractivity contribution in [1.82, 2.24) is 14.7 Å². The minimum atomic E-state index is 0.109. The van der Waals surface area contributed by atoms with Gasteiger partial charge < -0.3 is 4.90 Å². The van der Waals surface area contributed by atoms with Gasteiger partial charge >= 0.3 is 0 Å².